The molecular weight excluding hydrogens is 314 g/mol. The molecule has 0 saturated heterocycles. The maximum absolute atomic E-state index is 4.71. The summed E-state index contributed by atoms with van der Waals surface area (Å²) < 4.78 is 0. The molecule has 4 aliphatic carbocycles. The van der Waals surface area contributed by atoms with Crippen molar-refractivity contribution in [1.82, 2.24) is 10.3 Å². The molecule has 1 aromatic rings. The van der Waals surface area contributed by atoms with Crippen molar-refractivity contribution in [2.45, 2.75) is 13.8 Å². The highest BCUT2D eigenvalue weighted by atomic mass is 32.1. The first-order valence-corrected chi connectivity index (χ1v) is 9.69. The molecule has 7 atom stereocenters. The minimum Gasteiger partial charge on any atom is -0.341 e. The first-order chi connectivity index (χ1) is 11.6. The summed E-state index contributed by atoms with van der Waals surface area (Å²) in [5.41, 5.74) is 4.02. The molecule has 3 nitrogen and oxygen atoms in total. The molecule has 1 spiro atoms. The summed E-state index contributed by atoms with van der Waals surface area (Å²) in [7, 11) is 0. The lowest BCUT2D eigenvalue weighted by molar-refractivity contribution is -0.201. The van der Waals surface area contributed by atoms with Crippen LogP contribution >= 0.6 is 11.3 Å². The van der Waals surface area contributed by atoms with Crippen molar-refractivity contribution in [3.63, 3.8) is 0 Å². The van der Waals surface area contributed by atoms with Crippen molar-refractivity contribution in [3.05, 3.63) is 53.2 Å². The summed E-state index contributed by atoms with van der Waals surface area (Å²) in [6.07, 6.45) is 6.09. The Labute approximate surface area is 146 Å². The Kier molecular flexibility index (Phi) is 2.05. The van der Waals surface area contributed by atoms with E-state index in [4.69, 9.17) is 4.99 Å². The molecule has 2 heterocycles. The SMILES string of the molecule is C=CC1=C(C23C(C)C4C(C)(C=C)C5C2C453)NC(c2nccs2)=NC1. The van der Waals surface area contributed by atoms with Crippen LogP contribution in [0.5, 0.6) is 0 Å². The largest absolute Gasteiger partial charge is 0.341 e. The minimum atomic E-state index is 0.368. The van der Waals surface area contributed by atoms with Crippen LogP contribution in [0.25, 0.3) is 0 Å². The van der Waals surface area contributed by atoms with Crippen LogP contribution in [0.15, 0.2) is 53.1 Å². The van der Waals surface area contributed by atoms with Crippen molar-refractivity contribution in [2.75, 3.05) is 6.54 Å². The molecule has 5 aliphatic rings. The molecule has 4 heteroatoms. The fourth-order valence-electron chi connectivity index (χ4n) is 7.66. The van der Waals surface area contributed by atoms with Gasteiger partial charge in [0.15, 0.2) is 10.8 Å². The molecule has 4 saturated carbocycles. The summed E-state index contributed by atoms with van der Waals surface area (Å²) >= 11 is 1.65. The predicted octanol–water partition coefficient (Wildman–Crippen LogP) is 3.64. The molecule has 6 rings (SSSR count). The van der Waals surface area contributed by atoms with Crippen LogP contribution in [0.2, 0.25) is 0 Å². The number of thiazole rings is 1. The summed E-state index contributed by atoms with van der Waals surface area (Å²) in [4.78, 5) is 9.15. The molecule has 0 aromatic carbocycles. The molecule has 4 fully saturated rings. The highest BCUT2D eigenvalue weighted by Crippen LogP contribution is 3.16. The van der Waals surface area contributed by atoms with Gasteiger partial charge in [-0.05, 0) is 40.1 Å². The van der Waals surface area contributed by atoms with Gasteiger partial charge in [0.1, 0.15) is 0 Å². The number of amidine groups is 1. The second-order valence-electron chi connectivity index (χ2n) is 8.33. The Bertz CT molecular complexity index is 877. The number of rotatable bonds is 4. The second kappa shape index (κ2) is 3.62. The maximum Gasteiger partial charge on any atom is 0.162 e. The number of allylic oxidation sites excluding steroid dienone is 2. The van der Waals surface area contributed by atoms with Crippen molar-refractivity contribution in [2.24, 2.45) is 44.9 Å². The first kappa shape index (κ1) is 13.6. The van der Waals surface area contributed by atoms with Gasteiger partial charge >= 0.3 is 0 Å². The van der Waals surface area contributed by atoms with E-state index in [1.807, 2.05) is 17.7 Å². The van der Waals surface area contributed by atoms with Crippen molar-refractivity contribution in [1.29, 1.82) is 0 Å². The molecule has 0 bridgehead atoms. The molecular formula is C20H21N3S. The smallest absolute Gasteiger partial charge is 0.162 e. The highest BCUT2D eigenvalue weighted by Gasteiger charge is 3.14. The van der Waals surface area contributed by atoms with Gasteiger partial charge in [0.2, 0.25) is 0 Å². The summed E-state index contributed by atoms with van der Waals surface area (Å²) in [5, 5.41) is 6.69. The van der Waals surface area contributed by atoms with E-state index in [1.54, 1.807) is 11.3 Å². The number of nitrogens with zero attached hydrogens (tertiary/aromatic N) is 2. The number of hydrogen-bond acceptors (Lipinski definition) is 4. The van der Waals surface area contributed by atoms with E-state index in [0.29, 0.717) is 22.2 Å². The second-order valence-corrected chi connectivity index (χ2v) is 9.22. The number of aliphatic imine (C=N–C) groups is 1. The van der Waals surface area contributed by atoms with Gasteiger partial charge in [-0.15, -0.1) is 17.9 Å². The van der Waals surface area contributed by atoms with Crippen LogP contribution in [0.4, 0.5) is 0 Å². The lowest BCUT2D eigenvalue weighted by Crippen LogP contribution is -2.68. The van der Waals surface area contributed by atoms with Gasteiger partial charge in [-0.3, -0.25) is 4.99 Å². The average Bonchev–Trinajstić information content (AvgIpc) is 3.26. The van der Waals surface area contributed by atoms with Gasteiger partial charge in [-0.2, -0.15) is 0 Å². The molecule has 0 radical (unpaired) electrons. The first-order valence-electron chi connectivity index (χ1n) is 8.81. The van der Waals surface area contributed by atoms with Crippen LogP contribution in [0.3, 0.4) is 0 Å². The predicted molar refractivity (Wildman–Crippen MR) is 96.7 cm³/mol. The van der Waals surface area contributed by atoms with Crippen molar-refractivity contribution in [3.8, 4) is 0 Å². The zero-order chi connectivity index (χ0) is 16.5. The third kappa shape index (κ3) is 0.972. The lowest BCUT2D eigenvalue weighted by Gasteiger charge is -2.70. The maximum atomic E-state index is 4.71. The summed E-state index contributed by atoms with van der Waals surface area (Å²) in [6.45, 7) is 13.8. The van der Waals surface area contributed by atoms with E-state index in [2.05, 4.69) is 43.4 Å². The lowest BCUT2D eigenvalue weighted by atomic mass is 9.33. The minimum absolute atomic E-state index is 0.368. The molecule has 7 unspecified atom stereocenters. The average molecular weight is 335 g/mol. The summed E-state index contributed by atoms with van der Waals surface area (Å²) in [5.74, 6) is 4.19. The standard InChI is InChI=1S/C20H21N3S/c1-5-11-9-22-16(17-21-7-8-24-17)23-15(11)19-10(3)12-18(4,6-2)13-14(19)20(12,13)19/h5-8,10,12-14H,1-2,9H2,3-4H3,(H,22,23). The normalized spacial score (nSPS) is 52.0. The van der Waals surface area contributed by atoms with E-state index in [9.17, 15) is 0 Å². The molecule has 1 aromatic heterocycles. The third-order valence-electron chi connectivity index (χ3n) is 8.16. The number of hydrogen-bond donors (Lipinski definition) is 1. The summed E-state index contributed by atoms with van der Waals surface area (Å²) in [6, 6.07) is 0. The van der Waals surface area contributed by atoms with Crippen LogP contribution < -0.4 is 5.32 Å². The number of nitrogens with one attached hydrogen (secondary N) is 1. The van der Waals surface area contributed by atoms with Gasteiger partial charge in [0.25, 0.3) is 0 Å². The number of fused-ring (bicyclic) bond motifs is 2. The van der Waals surface area contributed by atoms with Gasteiger partial charge in [-0.1, -0.05) is 32.6 Å². The van der Waals surface area contributed by atoms with Crippen molar-refractivity contribution < 1.29 is 0 Å². The Morgan fingerprint density at radius 3 is 2.75 bits per heavy atom. The topological polar surface area (TPSA) is 37.3 Å². The van der Waals surface area contributed by atoms with E-state index in [-0.39, 0.29) is 0 Å². The molecule has 122 valence electrons. The van der Waals surface area contributed by atoms with Crippen LogP contribution in [-0.4, -0.2) is 17.4 Å². The van der Waals surface area contributed by atoms with Crippen LogP contribution in [-0.2, 0) is 0 Å². The zero-order valence-electron chi connectivity index (χ0n) is 14.0. The fourth-order valence-corrected chi connectivity index (χ4v) is 8.26. The molecule has 1 aliphatic heterocycles. The van der Waals surface area contributed by atoms with E-state index < -0.39 is 0 Å². The Hall–Kier alpha value is -1.68. The molecule has 24 heavy (non-hydrogen) atoms. The third-order valence-corrected chi connectivity index (χ3v) is 8.94. The Morgan fingerprint density at radius 1 is 1.33 bits per heavy atom. The Morgan fingerprint density at radius 2 is 2.17 bits per heavy atom. The Balaban J connectivity index is 1.39. The quantitative estimate of drug-likeness (QED) is 0.853. The molecule has 0 amide bonds. The van der Waals surface area contributed by atoms with E-state index >= 15 is 0 Å². The van der Waals surface area contributed by atoms with Gasteiger partial charge < -0.3 is 5.32 Å². The zero-order valence-corrected chi connectivity index (χ0v) is 14.9. The van der Waals surface area contributed by atoms with Gasteiger partial charge in [-0.25, -0.2) is 4.98 Å². The monoisotopic (exact) mass is 335 g/mol. The van der Waals surface area contributed by atoms with Gasteiger partial charge in [0.05, 0.1) is 6.54 Å². The van der Waals surface area contributed by atoms with Gasteiger partial charge in [0, 0.05) is 22.7 Å². The van der Waals surface area contributed by atoms with Crippen molar-refractivity contribution >= 4 is 17.2 Å². The van der Waals surface area contributed by atoms with E-state index in [1.165, 1.54) is 11.3 Å². The highest BCUT2D eigenvalue weighted by molar-refractivity contribution is 7.11. The van der Waals surface area contributed by atoms with Crippen LogP contribution in [0, 0.1) is 39.9 Å². The van der Waals surface area contributed by atoms with Crippen LogP contribution in [0.1, 0.15) is 18.9 Å². The molecule has 1 N–H and O–H groups in total. The fraction of sp³-hybridized carbons (Fsp3) is 0.500. The van der Waals surface area contributed by atoms with E-state index in [0.717, 1.165) is 35.1 Å². The number of aromatic nitrogens is 1.